The van der Waals surface area contributed by atoms with E-state index in [0.717, 1.165) is 11.1 Å². The van der Waals surface area contributed by atoms with Crippen LogP contribution in [0.4, 0.5) is 4.79 Å². The summed E-state index contributed by atoms with van der Waals surface area (Å²) < 4.78 is 5.58. The lowest BCUT2D eigenvalue weighted by Gasteiger charge is -2.44. The average molecular weight is 437 g/mol. The second kappa shape index (κ2) is 8.58. The molecule has 0 spiro atoms. The van der Waals surface area contributed by atoms with Crippen molar-refractivity contribution in [3.63, 3.8) is 0 Å². The summed E-state index contributed by atoms with van der Waals surface area (Å²) in [4.78, 5) is 26.9. The number of ether oxygens (including phenoxy) is 1. The maximum atomic E-state index is 12.5. The molecule has 1 saturated heterocycles. The molecule has 2 aliphatic rings. The van der Waals surface area contributed by atoms with Gasteiger partial charge in [0.1, 0.15) is 6.61 Å². The van der Waals surface area contributed by atoms with Crippen LogP contribution >= 0.6 is 0 Å². The highest BCUT2D eigenvalue weighted by Gasteiger charge is 2.43. The zero-order valence-electron chi connectivity index (χ0n) is 19.1. The minimum Gasteiger partial charge on any atom is -0.481 e. The number of likely N-dealkylation sites (tertiary alicyclic amines) is 1. The van der Waals surface area contributed by atoms with Crippen LogP contribution in [0.3, 0.4) is 0 Å². The average Bonchev–Trinajstić information content (AvgIpc) is 3.09. The molecule has 6 nitrogen and oxygen atoms in total. The molecule has 1 fully saturated rings. The SMILES string of the molecule is CC(C)(C)N1CCC(CNC(=O)OCC2c3ccccc3-c3ccccc32)(C(=O)O)CC1. The van der Waals surface area contributed by atoms with Crippen LogP contribution in [0.25, 0.3) is 11.1 Å². The number of nitrogens with zero attached hydrogens (tertiary/aromatic N) is 1. The lowest BCUT2D eigenvalue weighted by molar-refractivity contribution is -0.152. The van der Waals surface area contributed by atoms with Crippen molar-refractivity contribution in [2.24, 2.45) is 5.41 Å². The second-order valence-corrected chi connectivity index (χ2v) is 9.92. The number of aliphatic carboxylic acids is 1. The van der Waals surface area contributed by atoms with Gasteiger partial charge in [-0.3, -0.25) is 9.69 Å². The summed E-state index contributed by atoms with van der Waals surface area (Å²) in [5.74, 6) is -0.874. The van der Waals surface area contributed by atoms with Gasteiger partial charge in [0.2, 0.25) is 0 Å². The summed E-state index contributed by atoms with van der Waals surface area (Å²) in [5, 5.41) is 12.6. The molecule has 0 aromatic heterocycles. The molecule has 2 aromatic carbocycles. The molecule has 32 heavy (non-hydrogen) atoms. The Hall–Kier alpha value is -2.86. The van der Waals surface area contributed by atoms with Gasteiger partial charge in [-0.25, -0.2) is 4.79 Å². The summed E-state index contributed by atoms with van der Waals surface area (Å²) in [6, 6.07) is 16.4. The predicted octanol–water partition coefficient (Wildman–Crippen LogP) is 4.49. The molecule has 0 atom stereocenters. The van der Waals surface area contributed by atoms with Gasteiger partial charge in [-0.15, -0.1) is 0 Å². The number of carbonyl (C=O) groups is 2. The fourth-order valence-corrected chi connectivity index (χ4v) is 4.96. The lowest BCUT2D eigenvalue weighted by atomic mass is 9.77. The first-order chi connectivity index (χ1) is 15.2. The third kappa shape index (κ3) is 4.24. The molecule has 0 unspecified atom stereocenters. The Morgan fingerprint density at radius 3 is 2.06 bits per heavy atom. The zero-order chi connectivity index (χ0) is 22.9. The van der Waals surface area contributed by atoms with Gasteiger partial charge in [0.15, 0.2) is 0 Å². The van der Waals surface area contributed by atoms with Crippen LogP contribution in [0.1, 0.15) is 50.7 Å². The van der Waals surface area contributed by atoms with E-state index >= 15 is 0 Å². The van der Waals surface area contributed by atoms with E-state index in [1.807, 2.05) is 24.3 Å². The number of carboxylic acids is 1. The number of piperidine rings is 1. The summed E-state index contributed by atoms with van der Waals surface area (Å²) in [7, 11) is 0. The summed E-state index contributed by atoms with van der Waals surface area (Å²) in [5.41, 5.74) is 3.70. The number of alkyl carbamates (subject to hydrolysis) is 1. The van der Waals surface area contributed by atoms with Gasteiger partial charge in [0.05, 0.1) is 5.41 Å². The topological polar surface area (TPSA) is 78.9 Å². The van der Waals surface area contributed by atoms with E-state index in [-0.39, 0.29) is 24.6 Å². The largest absolute Gasteiger partial charge is 0.481 e. The van der Waals surface area contributed by atoms with E-state index in [1.165, 1.54) is 11.1 Å². The van der Waals surface area contributed by atoms with Crippen molar-refractivity contribution in [3.8, 4) is 11.1 Å². The molecule has 1 aliphatic carbocycles. The smallest absolute Gasteiger partial charge is 0.407 e. The minimum atomic E-state index is -0.951. The third-order valence-corrected chi connectivity index (χ3v) is 7.04. The van der Waals surface area contributed by atoms with Crippen LogP contribution < -0.4 is 5.32 Å². The summed E-state index contributed by atoms with van der Waals surface area (Å²) in [6.07, 6.45) is 0.442. The highest BCUT2D eigenvalue weighted by atomic mass is 16.5. The maximum Gasteiger partial charge on any atom is 0.407 e. The summed E-state index contributed by atoms with van der Waals surface area (Å²) in [6.45, 7) is 8.10. The Labute approximate surface area is 189 Å². The highest BCUT2D eigenvalue weighted by molar-refractivity contribution is 5.79. The number of carbonyl (C=O) groups excluding carboxylic acids is 1. The first-order valence-corrected chi connectivity index (χ1v) is 11.3. The van der Waals surface area contributed by atoms with E-state index in [9.17, 15) is 14.7 Å². The van der Waals surface area contributed by atoms with Crippen LogP contribution in [0.5, 0.6) is 0 Å². The van der Waals surface area contributed by atoms with Crippen molar-refractivity contribution in [2.75, 3.05) is 26.2 Å². The molecule has 0 saturated carbocycles. The van der Waals surface area contributed by atoms with Gasteiger partial charge < -0.3 is 15.2 Å². The zero-order valence-corrected chi connectivity index (χ0v) is 19.1. The van der Waals surface area contributed by atoms with Crippen molar-refractivity contribution in [3.05, 3.63) is 59.7 Å². The van der Waals surface area contributed by atoms with Gasteiger partial charge in [-0.2, -0.15) is 0 Å². The number of carboxylic acid groups (broad SMARTS) is 1. The number of hydrogen-bond donors (Lipinski definition) is 2. The van der Waals surface area contributed by atoms with Crippen molar-refractivity contribution in [1.29, 1.82) is 0 Å². The number of nitrogens with one attached hydrogen (secondary N) is 1. The fraction of sp³-hybridized carbons (Fsp3) is 0.462. The number of rotatable bonds is 5. The molecule has 2 N–H and O–H groups in total. The predicted molar refractivity (Wildman–Crippen MR) is 124 cm³/mol. The van der Waals surface area contributed by atoms with Crippen LogP contribution in [0, 0.1) is 5.41 Å². The molecule has 2 aromatic rings. The molecule has 170 valence electrons. The Morgan fingerprint density at radius 2 is 1.56 bits per heavy atom. The van der Waals surface area contributed by atoms with Crippen LogP contribution in [-0.2, 0) is 9.53 Å². The van der Waals surface area contributed by atoms with E-state index in [4.69, 9.17) is 4.74 Å². The van der Waals surface area contributed by atoms with Crippen molar-refractivity contribution in [1.82, 2.24) is 10.2 Å². The van der Waals surface area contributed by atoms with E-state index in [1.54, 1.807) is 0 Å². The Morgan fingerprint density at radius 1 is 1.03 bits per heavy atom. The van der Waals surface area contributed by atoms with Crippen molar-refractivity contribution >= 4 is 12.1 Å². The van der Waals surface area contributed by atoms with Gasteiger partial charge in [0.25, 0.3) is 0 Å². The molecule has 6 heteroatoms. The number of benzene rings is 2. The number of hydrogen-bond acceptors (Lipinski definition) is 4. The first kappa shape index (κ1) is 22.3. The first-order valence-electron chi connectivity index (χ1n) is 11.3. The third-order valence-electron chi connectivity index (χ3n) is 7.04. The van der Waals surface area contributed by atoms with Crippen molar-refractivity contribution < 1.29 is 19.4 Å². The quantitative estimate of drug-likeness (QED) is 0.722. The monoisotopic (exact) mass is 436 g/mol. The molecule has 0 radical (unpaired) electrons. The minimum absolute atomic E-state index is 0.00485. The van der Waals surface area contributed by atoms with Crippen molar-refractivity contribution in [2.45, 2.75) is 45.1 Å². The van der Waals surface area contributed by atoms with E-state index in [2.05, 4.69) is 55.3 Å². The van der Waals surface area contributed by atoms with Crippen LogP contribution in [0.2, 0.25) is 0 Å². The second-order valence-electron chi connectivity index (χ2n) is 9.92. The maximum absolute atomic E-state index is 12.5. The lowest BCUT2D eigenvalue weighted by Crippen LogP contribution is -2.54. The van der Waals surface area contributed by atoms with Gasteiger partial charge in [-0.05, 0) is 69.0 Å². The van der Waals surface area contributed by atoms with Crippen LogP contribution in [-0.4, -0.2) is 53.8 Å². The van der Waals surface area contributed by atoms with E-state index in [0.29, 0.717) is 25.9 Å². The Kier molecular flexibility index (Phi) is 5.99. The standard InChI is InChI=1S/C26H32N2O4/c1-25(2,3)28-14-12-26(13-15-28,23(29)30)17-27-24(31)32-16-22-20-10-6-4-8-18(20)19-9-5-7-11-21(19)22/h4-11,22H,12-17H2,1-3H3,(H,27,31)(H,29,30). The molecule has 1 amide bonds. The molecular weight excluding hydrogens is 404 g/mol. The fourth-order valence-electron chi connectivity index (χ4n) is 4.96. The van der Waals surface area contributed by atoms with Crippen LogP contribution in [0.15, 0.2) is 48.5 Å². The molecule has 1 aliphatic heterocycles. The molecule has 1 heterocycles. The van der Waals surface area contributed by atoms with Gasteiger partial charge in [-0.1, -0.05) is 48.5 Å². The Bertz CT molecular complexity index is 957. The molecular formula is C26H32N2O4. The Balaban J connectivity index is 1.37. The molecule has 0 bridgehead atoms. The number of amides is 1. The highest BCUT2D eigenvalue weighted by Crippen LogP contribution is 2.44. The summed E-state index contributed by atoms with van der Waals surface area (Å²) >= 11 is 0. The molecule has 4 rings (SSSR count). The van der Waals surface area contributed by atoms with Gasteiger partial charge in [0, 0.05) is 18.0 Å². The van der Waals surface area contributed by atoms with E-state index < -0.39 is 17.5 Å². The normalized spacial score (nSPS) is 18.0. The van der Waals surface area contributed by atoms with Gasteiger partial charge >= 0.3 is 12.1 Å². The number of fused-ring (bicyclic) bond motifs is 3.